The molecule has 0 unspecified atom stereocenters. The van der Waals surface area contributed by atoms with Crippen LogP contribution in [-0.2, 0) is 10.0 Å². The monoisotopic (exact) mass is 483 g/mol. The van der Waals surface area contributed by atoms with Crippen molar-refractivity contribution in [2.45, 2.75) is 30.7 Å². The second-order valence-corrected chi connectivity index (χ2v) is 9.42. The van der Waals surface area contributed by atoms with Gasteiger partial charge in [0.15, 0.2) is 0 Å². The number of nitrogens with zero attached hydrogens (tertiary/aromatic N) is 1. The fraction of sp³-hybridized carbons (Fsp3) is 0.294. The number of rotatable bonds is 7. The number of anilines is 1. The fourth-order valence-corrected chi connectivity index (χ4v) is 5.04. The lowest BCUT2D eigenvalue weighted by Gasteiger charge is -2.31. The van der Waals surface area contributed by atoms with E-state index in [0.29, 0.717) is 27.2 Å². The summed E-state index contributed by atoms with van der Waals surface area (Å²) >= 11 is 21.6. The van der Waals surface area contributed by atoms with Gasteiger partial charge in [0.2, 0.25) is 0 Å². The van der Waals surface area contributed by atoms with Crippen LogP contribution in [0.25, 0.3) is 0 Å². The molecule has 0 amide bonds. The third kappa shape index (κ3) is 5.04. The van der Waals surface area contributed by atoms with Crippen molar-refractivity contribution in [2.75, 3.05) is 9.64 Å². The molecule has 0 fully saturated rings. The van der Waals surface area contributed by atoms with Gasteiger partial charge in [0.1, 0.15) is 0 Å². The van der Waals surface area contributed by atoms with Crippen molar-refractivity contribution in [3.05, 3.63) is 57.5 Å². The molecule has 0 N–H and O–H groups in total. The number of alkyl halides is 1. The minimum Gasteiger partial charge on any atom is -0.262 e. The fourth-order valence-electron chi connectivity index (χ4n) is 2.47. The molecule has 0 heterocycles. The Morgan fingerprint density at radius 1 is 1.04 bits per heavy atom. The summed E-state index contributed by atoms with van der Waals surface area (Å²) < 4.78 is 27.9. The molecule has 2 aromatic carbocycles. The van der Waals surface area contributed by atoms with E-state index in [1.165, 1.54) is 16.4 Å². The van der Waals surface area contributed by atoms with Gasteiger partial charge in [0, 0.05) is 21.4 Å². The van der Waals surface area contributed by atoms with Gasteiger partial charge in [-0.3, -0.25) is 4.31 Å². The van der Waals surface area contributed by atoms with Gasteiger partial charge in [0.25, 0.3) is 10.0 Å². The van der Waals surface area contributed by atoms with E-state index in [4.69, 9.17) is 34.8 Å². The highest BCUT2D eigenvalue weighted by molar-refractivity contribution is 9.09. The Labute approximate surface area is 172 Å². The third-order valence-corrected chi connectivity index (χ3v) is 6.98. The topological polar surface area (TPSA) is 37.4 Å². The normalized spacial score (nSPS) is 12.8. The van der Waals surface area contributed by atoms with E-state index in [1.54, 1.807) is 30.3 Å². The largest absolute Gasteiger partial charge is 0.264 e. The van der Waals surface area contributed by atoms with E-state index in [-0.39, 0.29) is 10.9 Å². The molecule has 0 aromatic heterocycles. The summed E-state index contributed by atoms with van der Waals surface area (Å²) in [6, 6.07) is 10.6. The molecular formula is C17H17BrCl3NO2S. The van der Waals surface area contributed by atoms with Crippen LogP contribution in [-0.4, -0.2) is 19.8 Å². The zero-order chi connectivity index (χ0) is 18.6. The molecular weight excluding hydrogens is 469 g/mol. The Kier molecular flexibility index (Phi) is 7.47. The second kappa shape index (κ2) is 8.96. The summed E-state index contributed by atoms with van der Waals surface area (Å²) in [6.07, 6.45) is 1.49. The maximum atomic E-state index is 13.3. The van der Waals surface area contributed by atoms with Crippen molar-refractivity contribution in [2.24, 2.45) is 0 Å². The van der Waals surface area contributed by atoms with Gasteiger partial charge >= 0.3 is 0 Å². The molecule has 2 aromatic rings. The average molecular weight is 486 g/mol. The van der Waals surface area contributed by atoms with Crippen LogP contribution >= 0.6 is 50.7 Å². The maximum Gasteiger partial charge on any atom is 0.264 e. The minimum atomic E-state index is -3.82. The minimum absolute atomic E-state index is 0.152. The predicted octanol–water partition coefficient (Wildman–Crippen LogP) is 6.41. The Balaban J connectivity index is 2.57. The van der Waals surface area contributed by atoms with Crippen LogP contribution in [0.1, 0.15) is 19.8 Å². The van der Waals surface area contributed by atoms with Gasteiger partial charge in [-0.05, 0) is 62.2 Å². The van der Waals surface area contributed by atoms with E-state index < -0.39 is 10.0 Å². The number of sulfonamides is 1. The van der Waals surface area contributed by atoms with Gasteiger partial charge in [-0.2, -0.15) is 0 Å². The van der Waals surface area contributed by atoms with Gasteiger partial charge in [0.05, 0.1) is 15.6 Å². The lowest BCUT2D eigenvalue weighted by atomic mass is 10.2. The molecule has 1 atom stereocenters. The summed E-state index contributed by atoms with van der Waals surface area (Å²) in [5.74, 6) is 0. The Morgan fingerprint density at radius 3 is 2.24 bits per heavy atom. The molecule has 0 spiro atoms. The highest BCUT2D eigenvalue weighted by atomic mass is 79.9. The van der Waals surface area contributed by atoms with Crippen LogP contribution in [0.5, 0.6) is 0 Å². The van der Waals surface area contributed by atoms with Crippen molar-refractivity contribution in [3.63, 3.8) is 0 Å². The van der Waals surface area contributed by atoms with Crippen LogP contribution in [0, 0.1) is 0 Å². The Morgan fingerprint density at radius 2 is 1.64 bits per heavy atom. The van der Waals surface area contributed by atoms with E-state index in [9.17, 15) is 8.42 Å². The van der Waals surface area contributed by atoms with Gasteiger partial charge < -0.3 is 0 Å². The predicted molar refractivity (Wildman–Crippen MR) is 110 cm³/mol. The van der Waals surface area contributed by atoms with Crippen LogP contribution in [0.2, 0.25) is 15.1 Å². The van der Waals surface area contributed by atoms with E-state index >= 15 is 0 Å². The zero-order valence-corrected chi connectivity index (χ0v) is 18.1. The van der Waals surface area contributed by atoms with E-state index in [0.717, 1.165) is 11.8 Å². The van der Waals surface area contributed by atoms with Crippen LogP contribution in [0.4, 0.5) is 5.69 Å². The second-order valence-electron chi connectivity index (χ2n) is 5.53. The lowest BCUT2D eigenvalue weighted by Crippen LogP contribution is -2.39. The molecule has 0 radical (unpaired) electrons. The summed E-state index contributed by atoms with van der Waals surface area (Å²) in [7, 11) is -3.82. The molecule has 0 aliphatic heterocycles. The molecule has 3 nitrogen and oxygen atoms in total. The van der Waals surface area contributed by atoms with Crippen LogP contribution in [0.15, 0.2) is 47.4 Å². The SMILES string of the molecule is C[C@H](CCCBr)N(c1cc(Cl)ccc1Cl)S(=O)(=O)c1ccc(Cl)cc1. The third-order valence-electron chi connectivity index (χ3n) is 3.67. The smallest absolute Gasteiger partial charge is 0.262 e. The first-order chi connectivity index (χ1) is 11.8. The number of benzene rings is 2. The molecule has 0 bridgehead atoms. The number of hydrogen-bond acceptors (Lipinski definition) is 2. The van der Waals surface area contributed by atoms with Gasteiger partial charge in [-0.15, -0.1) is 0 Å². The molecule has 8 heteroatoms. The first kappa shape index (κ1) is 20.8. The first-order valence-electron chi connectivity index (χ1n) is 7.58. The standard InChI is InChI=1S/C17H17BrCl3NO2S/c1-12(3-2-10-18)22(17-11-14(20)6-9-16(17)21)25(23,24)15-7-4-13(19)5-8-15/h4-9,11-12H,2-3,10H2,1H3/t12-/m1/s1. The Bertz CT molecular complexity index is 828. The molecule has 0 aliphatic carbocycles. The maximum absolute atomic E-state index is 13.3. The average Bonchev–Trinajstić information content (AvgIpc) is 2.56. The van der Waals surface area contributed by atoms with Crippen molar-refractivity contribution < 1.29 is 8.42 Å². The molecule has 0 aliphatic rings. The highest BCUT2D eigenvalue weighted by Crippen LogP contribution is 2.35. The number of halogens is 4. The molecule has 2 rings (SSSR count). The molecule has 0 saturated carbocycles. The van der Waals surface area contributed by atoms with Crippen molar-refractivity contribution in [1.29, 1.82) is 0 Å². The quantitative estimate of drug-likeness (QED) is 0.425. The lowest BCUT2D eigenvalue weighted by molar-refractivity contribution is 0.570. The van der Waals surface area contributed by atoms with Crippen LogP contribution in [0.3, 0.4) is 0 Å². The van der Waals surface area contributed by atoms with Crippen LogP contribution < -0.4 is 4.31 Å². The number of hydrogen-bond donors (Lipinski definition) is 0. The van der Waals surface area contributed by atoms with Crippen molar-refractivity contribution >= 4 is 66.4 Å². The summed E-state index contributed by atoms with van der Waals surface area (Å²) in [5, 5.41) is 2.00. The molecule has 0 saturated heterocycles. The zero-order valence-electron chi connectivity index (χ0n) is 13.4. The summed E-state index contributed by atoms with van der Waals surface area (Å²) in [6.45, 7) is 1.85. The highest BCUT2D eigenvalue weighted by Gasteiger charge is 2.31. The Hall–Kier alpha value is -0.460. The van der Waals surface area contributed by atoms with E-state index in [2.05, 4.69) is 15.9 Å². The van der Waals surface area contributed by atoms with Crippen molar-refractivity contribution in [1.82, 2.24) is 0 Å². The summed E-state index contributed by atoms with van der Waals surface area (Å²) in [4.78, 5) is 0.152. The van der Waals surface area contributed by atoms with Gasteiger partial charge in [-0.25, -0.2) is 8.42 Å². The first-order valence-corrected chi connectivity index (χ1v) is 11.3. The summed E-state index contributed by atoms with van der Waals surface area (Å²) in [5.41, 5.74) is 0.367. The molecule has 25 heavy (non-hydrogen) atoms. The van der Waals surface area contributed by atoms with Crippen molar-refractivity contribution in [3.8, 4) is 0 Å². The van der Waals surface area contributed by atoms with Gasteiger partial charge in [-0.1, -0.05) is 50.7 Å². The molecule has 136 valence electrons. The van der Waals surface area contributed by atoms with E-state index in [1.807, 2.05) is 6.92 Å².